The first-order valence-corrected chi connectivity index (χ1v) is 7.91. The lowest BCUT2D eigenvalue weighted by Crippen LogP contribution is -2.50. The summed E-state index contributed by atoms with van der Waals surface area (Å²) in [6.07, 6.45) is -0.220. The van der Waals surface area contributed by atoms with Crippen LogP contribution in [0.4, 0.5) is 4.79 Å². The maximum absolute atomic E-state index is 12.0. The van der Waals surface area contributed by atoms with Crippen molar-refractivity contribution < 1.29 is 14.3 Å². The largest absolute Gasteiger partial charge is 0.492 e. The molecule has 1 aromatic carbocycles. The average molecular weight is 303 g/mol. The van der Waals surface area contributed by atoms with Crippen molar-refractivity contribution in [3.05, 3.63) is 29.3 Å². The van der Waals surface area contributed by atoms with Gasteiger partial charge in [-0.3, -0.25) is 0 Å². The van der Waals surface area contributed by atoms with Gasteiger partial charge in [-0.25, -0.2) is 4.79 Å². The number of carbonyl (C=O) groups excluding carboxylic acids is 1. The van der Waals surface area contributed by atoms with E-state index in [2.05, 4.69) is 32.0 Å². The Morgan fingerprint density at radius 3 is 2.64 bits per heavy atom. The van der Waals surface area contributed by atoms with Crippen LogP contribution in [-0.4, -0.2) is 36.3 Å². The average Bonchev–Trinajstić information content (AvgIpc) is 2.61. The Hall–Kier alpha value is -1.71. The van der Waals surface area contributed by atoms with Crippen LogP contribution in [-0.2, 0) is 10.2 Å². The smallest absolute Gasteiger partial charge is 0.410 e. The van der Waals surface area contributed by atoms with Crippen LogP contribution < -0.4 is 4.74 Å². The van der Waals surface area contributed by atoms with Gasteiger partial charge in [-0.15, -0.1) is 0 Å². The maximum atomic E-state index is 12.0. The molecule has 0 aromatic heterocycles. The van der Waals surface area contributed by atoms with Gasteiger partial charge in [-0.05, 0) is 32.4 Å². The van der Waals surface area contributed by atoms with Gasteiger partial charge in [0.15, 0.2) is 0 Å². The van der Waals surface area contributed by atoms with E-state index in [1.54, 1.807) is 4.90 Å². The van der Waals surface area contributed by atoms with E-state index in [-0.39, 0.29) is 11.5 Å². The molecule has 22 heavy (non-hydrogen) atoms. The highest BCUT2D eigenvalue weighted by Crippen LogP contribution is 2.41. The summed E-state index contributed by atoms with van der Waals surface area (Å²) in [5, 5.41) is 0. The molecule has 4 nitrogen and oxygen atoms in total. The minimum Gasteiger partial charge on any atom is -0.492 e. The van der Waals surface area contributed by atoms with Crippen molar-refractivity contribution in [2.75, 3.05) is 19.7 Å². The topological polar surface area (TPSA) is 38.8 Å². The molecule has 0 spiro atoms. The molecule has 1 aromatic rings. The summed E-state index contributed by atoms with van der Waals surface area (Å²) in [5.41, 5.74) is 2.18. The van der Waals surface area contributed by atoms with Crippen LogP contribution in [0.25, 0.3) is 0 Å². The van der Waals surface area contributed by atoms with Crippen LogP contribution in [0.5, 0.6) is 5.75 Å². The first-order chi connectivity index (χ1) is 10.2. The second kappa shape index (κ2) is 4.90. The minimum absolute atomic E-state index is 0.0933. The van der Waals surface area contributed by atoms with E-state index in [1.807, 2.05) is 20.8 Å². The van der Waals surface area contributed by atoms with E-state index in [1.165, 1.54) is 11.1 Å². The normalized spacial score (nSPS) is 20.1. The number of benzene rings is 1. The SMILES string of the molecule is CC(C)(C)OC(=O)N1CC(c2ccc3c(c2)OCC3(C)C)C1. The third kappa shape index (κ3) is 2.79. The zero-order valence-electron chi connectivity index (χ0n) is 14.1. The van der Waals surface area contributed by atoms with Gasteiger partial charge in [-0.2, -0.15) is 0 Å². The molecule has 3 rings (SSSR count). The predicted molar refractivity (Wildman–Crippen MR) is 85.5 cm³/mol. The molecule has 120 valence electrons. The van der Waals surface area contributed by atoms with Gasteiger partial charge in [0.25, 0.3) is 0 Å². The summed E-state index contributed by atoms with van der Waals surface area (Å²) >= 11 is 0. The molecule has 4 heteroatoms. The quantitative estimate of drug-likeness (QED) is 0.794. The molecule has 0 aliphatic carbocycles. The van der Waals surface area contributed by atoms with E-state index in [9.17, 15) is 4.79 Å². The monoisotopic (exact) mass is 303 g/mol. The highest BCUT2D eigenvalue weighted by atomic mass is 16.6. The van der Waals surface area contributed by atoms with Gasteiger partial charge in [0.05, 0.1) is 6.61 Å². The summed E-state index contributed by atoms with van der Waals surface area (Å²) < 4.78 is 11.2. The van der Waals surface area contributed by atoms with Crippen molar-refractivity contribution in [3.63, 3.8) is 0 Å². The fourth-order valence-corrected chi connectivity index (χ4v) is 2.97. The Bertz CT molecular complexity index is 595. The molecule has 2 aliphatic heterocycles. The fraction of sp³-hybridized carbons (Fsp3) is 0.611. The number of ether oxygens (including phenoxy) is 2. The third-order valence-electron chi connectivity index (χ3n) is 4.33. The Balaban J connectivity index is 1.63. The molecule has 1 amide bonds. The highest BCUT2D eigenvalue weighted by molar-refractivity contribution is 5.69. The number of carbonyl (C=O) groups is 1. The molecule has 0 atom stereocenters. The third-order valence-corrected chi connectivity index (χ3v) is 4.33. The van der Waals surface area contributed by atoms with Crippen molar-refractivity contribution in [2.24, 2.45) is 0 Å². The van der Waals surface area contributed by atoms with Crippen LogP contribution in [0, 0.1) is 0 Å². The van der Waals surface area contributed by atoms with Gasteiger partial charge >= 0.3 is 6.09 Å². The summed E-state index contributed by atoms with van der Waals surface area (Å²) in [4.78, 5) is 13.7. The Labute approximate surface area is 132 Å². The van der Waals surface area contributed by atoms with E-state index in [0.717, 1.165) is 25.4 Å². The number of rotatable bonds is 1. The van der Waals surface area contributed by atoms with Crippen LogP contribution in [0.1, 0.15) is 51.7 Å². The lowest BCUT2D eigenvalue weighted by molar-refractivity contribution is 0.00819. The first-order valence-electron chi connectivity index (χ1n) is 7.91. The second-order valence-electron chi connectivity index (χ2n) is 8.01. The predicted octanol–water partition coefficient (Wildman–Crippen LogP) is 3.69. The molecule has 2 heterocycles. The van der Waals surface area contributed by atoms with E-state index in [4.69, 9.17) is 9.47 Å². The highest BCUT2D eigenvalue weighted by Gasteiger charge is 2.36. The Morgan fingerprint density at radius 1 is 1.32 bits per heavy atom. The maximum Gasteiger partial charge on any atom is 0.410 e. The lowest BCUT2D eigenvalue weighted by atomic mass is 9.84. The van der Waals surface area contributed by atoms with Gasteiger partial charge in [0.1, 0.15) is 11.4 Å². The van der Waals surface area contributed by atoms with Crippen LogP contribution in [0.15, 0.2) is 18.2 Å². The van der Waals surface area contributed by atoms with Gasteiger partial charge in [0, 0.05) is 30.0 Å². The lowest BCUT2D eigenvalue weighted by Gasteiger charge is -2.40. The van der Waals surface area contributed by atoms with Crippen molar-refractivity contribution >= 4 is 6.09 Å². The number of amides is 1. The van der Waals surface area contributed by atoms with Crippen molar-refractivity contribution in [2.45, 2.75) is 51.6 Å². The summed E-state index contributed by atoms with van der Waals surface area (Å²) in [6, 6.07) is 6.49. The summed E-state index contributed by atoms with van der Waals surface area (Å²) in [6.45, 7) is 12.2. The van der Waals surface area contributed by atoms with Crippen LogP contribution in [0.3, 0.4) is 0 Å². The molecule has 0 N–H and O–H groups in total. The minimum atomic E-state index is -0.435. The molecule has 0 bridgehead atoms. The zero-order valence-corrected chi connectivity index (χ0v) is 14.1. The summed E-state index contributed by atoms with van der Waals surface area (Å²) in [7, 11) is 0. The van der Waals surface area contributed by atoms with Gasteiger partial charge < -0.3 is 14.4 Å². The first kappa shape index (κ1) is 15.2. The Morgan fingerprint density at radius 2 is 2.00 bits per heavy atom. The van der Waals surface area contributed by atoms with E-state index in [0.29, 0.717) is 5.92 Å². The van der Waals surface area contributed by atoms with Crippen molar-refractivity contribution in [3.8, 4) is 5.75 Å². The molecular formula is C18H25NO3. The zero-order chi connectivity index (χ0) is 16.1. The molecule has 0 unspecified atom stereocenters. The van der Waals surface area contributed by atoms with Crippen molar-refractivity contribution in [1.82, 2.24) is 4.90 Å². The molecular weight excluding hydrogens is 278 g/mol. The van der Waals surface area contributed by atoms with Crippen molar-refractivity contribution in [1.29, 1.82) is 0 Å². The van der Waals surface area contributed by atoms with E-state index < -0.39 is 5.60 Å². The molecule has 2 aliphatic rings. The van der Waals surface area contributed by atoms with Gasteiger partial charge in [-0.1, -0.05) is 26.0 Å². The summed E-state index contributed by atoms with van der Waals surface area (Å²) in [5.74, 6) is 1.38. The fourth-order valence-electron chi connectivity index (χ4n) is 2.97. The molecule has 1 saturated heterocycles. The number of likely N-dealkylation sites (tertiary alicyclic amines) is 1. The van der Waals surface area contributed by atoms with Gasteiger partial charge in [0.2, 0.25) is 0 Å². The van der Waals surface area contributed by atoms with Crippen LogP contribution >= 0.6 is 0 Å². The molecule has 0 radical (unpaired) electrons. The molecule has 1 fully saturated rings. The second-order valence-corrected chi connectivity index (χ2v) is 8.01. The standard InChI is InChI=1S/C18H25NO3/c1-17(2,3)22-16(20)19-9-13(10-19)12-6-7-14-15(8-12)21-11-18(14,4)5/h6-8,13H,9-11H2,1-5H3. The van der Waals surface area contributed by atoms with Crippen LogP contribution in [0.2, 0.25) is 0 Å². The molecule has 0 saturated carbocycles. The number of hydrogen-bond acceptors (Lipinski definition) is 3. The number of nitrogens with zero attached hydrogens (tertiary/aromatic N) is 1. The number of fused-ring (bicyclic) bond motifs is 1. The Kier molecular flexibility index (Phi) is 3.38. The van der Waals surface area contributed by atoms with E-state index >= 15 is 0 Å². The number of hydrogen-bond donors (Lipinski definition) is 0.